The molecule has 0 radical (unpaired) electrons. The maximum atomic E-state index is 11.1. The summed E-state index contributed by atoms with van der Waals surface area (Å²) in [6.07, 6.45) is 2.12. The minimum atomic E-state index is -1.52. The molecule has 0 aromatic heterocycles. The summed E-state index contributed by atoms with van der Waals surface area (Å²) in [4.78, 5) is 11.1. The van der Waals surface area contributed by atoms with E-state index in [1.165, 1.54) is 5.20 Å². The van der Waals surface area contributed by atoms with Crippen LogP contribution in [0.2, 0.25) is 39.3 Å². The summed E-state index contributed by atoms with van der Waals surface area (Å²) >= 11 is 0. The zero-order valence-corrected chi connectivity index (χ0v) is 12.5. The Bertz CT molecular complexity index is 283. The van der Waals surface area contributed by atoms with Crippen LogP contribution in [0.3, 0.4) is 0 Å². The molecule has 0 saturated carbocycles. The first-order valence-electron chi connectivity index (χ1n) is 5.07. The molecular weight excluding hydrogens is 204 g/mol. The van der Waals surface area contributed by atoms with E-state index in [0.29, 0.717) is 0 Å². The van der Waals surface area contributed by atoms with Gasteiger partial charge in [0.2, 0.25) is 0 Å². The molecule has 0 aliphatic carbocycles. The normalized spacial score (nSPS) is 13.8. The van der Waals surface area contributed by atoms with Crippen molar-refractivity contribution >= 4 is 22.1 Å². The van der Waals surface area contributed by atoms with Crippen LogP contribution in [-0.2, 0) is 4.79 Å². The average molecular weight is 226 g/mol. The van der Waals surface area contributed by atoms with Crippen molar-refractivity contribution in [2.45, 2.75) is 46.2 Å². The van der Waals surface area contributed by atoms with Gasteiger partial charge in [0.25, 0.3) is 0 Å². The van der Waals surface area contributed by atoms with Crippen molar-refractivity contribution in [2.75, 3.05) is 0 Å². The first kappa shape index (κ1) is 13.6. The summed E-state index contributed by atoms with van der Waals surface area (Å²) in [5.41, 5.74) is 0. The highest BCUT2D eigenvalue weighted by atomic mass is 28.3. The molecule has 0 spiro atoms. The Morgan fingerprint density at radius 1 is 1.00 bits per heavy atom. The van der Waals surface area contributed by atoms with Crippen molar-refractivity contribution in [3.63, 3.8) is 0 Å². The number of hydrogen-bond donors (Lipinski definition) is 0. The third-order valence-electron chi connectivity index (χ3n) is 2.22. The van der Waals surface area contributed by atoms with Gasteiger partial charge in [0.15, 0.2) is 0 Å². The van der Waals surface area contributed by atoms with E-state index >= 15 is 0 Å². The van der Waals surface area contributed by atoms with Gasteiger partial charge in [-0.25, -0.2) is 4.79 Å². The number of allylic oxidation sites excluding steroid dienone is 3. The second kappa shape index (κ2) is 4.43. The van der Waals surface area contributed by atoms with Crippen molar-refractivity contribution in [1.82, 2.24) is 0 Å². The molecule has 0 fully saturated rings. The molecule has 0 bridgehead atoms. The highest BCUT2D eigenvalue weighted by molar-refractivity contribution is 6.93. The van der Waals surface area contributed by atoms with Gasteiger partial charge >= 0.3 is 0 Å². The molecule has 0 atom stereocenters. The largest absolute Gasteiger partial charge is 0.234 e. The Kier molecular flexibility index (Phi) is 4.31. The van der Waals surface area contributed by atoms with E-state index < -0.39 is 16.1 Å². The smallest absolute Gasteiger partial charge is 0.123 e. The van der Waals surface area contributed by atoms with E-state index in [0.717, 1.165) is 5.20 Å². The summed E-state index contributed by atoms with van der Waals surface area (Å²) in [6.45, 7) is 15.5. The van der Waals surface area contributed by atoms with Gasteiger partial charge in [-0.3, -0.25) is 0 Å². The van der Waals surface area contributed by atoms with Gasteiger partial charge in [-0.05, 0) is 6.92 Å². The molecule has 0 saturated heterocycles. The predicted octanol–water partition coefficient (Wildman–Crippen LogP) is 3.45. The third kappa shape index (κ3) is 3.41. The van der Waals surface area contributed by atoms with Gasteiger partial charge in [-0.1, -0.05) is 50.6 Å². The predicted molar refractivity (Wildman–Crippen MR) is 69.7 cm³/mol. The van der Waals surface area contributed by atoms with E-state index in [9.17, 15) is 4.79 Å². The lowest BCUT2D eigenvalue weighted by Gasteiger charge is -2.27. The number of carbonyl (C=O) groups excluding carboxylic acids is 1. The summed E-state index contributed by atoms with van der Waals surface area (Å²) in [7, 11) is -2.91. The lowest BCUT2D eigenvalue weighted by molar-refractivity contribution is 0.568. The van der Waals surface area contributed by atoms with Crippen molar-refractivity contribution < 1.29 is 4.79 Å². The zero-order valence-electron chi connectivity index (χ0n) is 10.5. The summed E-state index contributed by atoms with van der Waals surface area (Å²) in [5, 5.41) is 2.28. The molecular formula is C11H22OSi2. The quantitative estimate of drug-likeness (QED) is 0.409. The zero-order chi connectivity index (χ0) is 11.6. The average Bonchev–Trinajstić information content (AvgIpc) is 1.94. The topological polar surface area (TPSA) is 17.1 Å². The van der Waals surface area contributed by atoms with Crippen molar-refractivity contribution in [3.8, 4) is 0 Å². The number of hydrogen-bond acceptors (Lipinski definition) is 1. The van der Waals surface area contributed by atoms with Crippen LogP contribution in [0.4, 0.5) is 0 Å². The van der Waals surface area contributed by atoms with Gasteiger partial charge in [0.05, 0.1) is 16.1 Å². The van der Waals surface area contributed by atoms with Crippen LogP contribution < -0.4 is 0 Å². The fourth-order valence-corrected chi connectivity index (χ4v) is 6.74. The van der Waals surface area contributed by atoms with E-state index in [-0.39, 0.29) is 0 Å². The molecule has 0 aromatic carbocycles. The molecule has 0 aliphatic heterocycles. The molecule has 0 unspecified atom stereocenters. The Labute approximate surface area is 89.9 Å². The molecule has 0 amide bonds. The van der Waals surface area contributed by atoms with E-state index in [1.807, 2.05) is 6.92 Å². The minimum absolute atomic E-state index is 0.985. The summed E-state index contributed by atoms with van der Waals surface area (Å²) < 4.78 is 0. The Hall–Kier alpha value is -0.376. The lowest BCUT2D eigenvalue weighted by atomic mass is 10.5. The molecule has 14 heavy (non-hydrogen) atoms. The standard InChI is InChI=1S/C11H22OSi2/c1-8-10(13(2,3)4)11(9-12)14(5,6)7/h8H,1-7H3/b10-8+. The summed E-state index contributed by atoms with van der Waals surface area (Å²) in [6, 6.07) is 0. The van der Waals surface area contributed by atoms with E-state index in [1.54, 1.807) is 0 Å². The van der Waals surface area contributed by atoms with Crippen molar-refractivity contribution in [2.24, 2.45) is 0 Å². The van der Waals surface area contributed by atoms with Crippen LogP contribution in [0.15, 0.2) is 16.5 Å². The van der Waals surface area contributed by atoms with Crippen LogP contribution in [0.1, 0.15) is 6.92 Å². The van der Waals surface area contributed by atoms with Crippen LogP contribution in [0.25, 0.3) is 0 Å². The van der Waals surface area contributed by atoms with E-state index in [2.05, 4.69) is 51.3 Å². The minimum Gasteiger partial charge on any atom is -0.234 e. The van der Waals surface area contributed by atoms with Crippen LogP contribution in [0.5, 0.6) is 0 Å². The Balaban J connectivity index is 5.39. The van der Waals surface area contributed by atoms with E-state index in [4.69, 9.17) is 0 Å². The second-order valence-electron chi connectivity index (χ2n) is 5.68. The van der Waals surface area contributed by atoms with Gasteiger partial charge in [0, 0.05) is 5.20 Å². The molecule has 80 valence electrons. The van der Waals surface area contributed by atoms with Crippen LogP contribution in [-0.4, -0.2) is 22.1 Å². The fraction of sp³-hybridized carbons (Fsp3) is 0.636. The molecule has 0 aliphatic rings. The van der Waals surface area contributed by atoms with Gasteiger partial charge in [-0.15, -0.1) is 0 Å². The maximum Gasteiger partial charge on any atom is 0.123 e. The second-order valence-corrected chi connectivity index (χ2v) is 15.7. The first-order chi connectivity index (χ1) is 6.14. The number of rotatable bonds is 3. The Morgan fingerprint density at radius 3 is 1.50 bits per heavy atom. The van der Waals surface area contributed by atoms with Gasteiger partial charge in [-0.2, -0.15) is 0 Å². The van der Waals surface area contributed by atoms with Crippen molar-refractivity contribution in [1.29, 1.82) is 0 Å². The lowest BCUT2D eigenvalue weighted by Crippen LogP contribution is -2.35. The molecule has 3 heteroatoms. The third-order valence-corrected chi connectivity index (χ3v) is 6.49. The molecule has 0 aromatic rings. The monoisotopic (exact) mass is 226 g/mol. The highest BCUT2D eigenvalue weighted by Gasteiger charge is 2.30. The molecule has 0 N–H and O–H groups in total. The summed E-state index contributed by atoms with van der Waals surface area (Å²) in [5.74, 6) is 2.19. The van der Waals surface area contributed by atoms with Gasteiger partial charge in [0.1, 0.15) is 5.94 Å². The maximum absolute atomic E-state index is 11.1. The molecule has 0 rings (SSSR count). The molecule has 0 heterocycles. The van der Waals surface area contributed by atoms with Crippen LogP contribution in [0, 0.1) is 0 Å². The first-order valence-corrected chi connectivity index (χ1v) is 12.1. The SMILES string of the molecule is C/C=C(\C(=C=O)[Si](C)(C)C)[Si](C)(C)C. The molecule has 1 nitrogen and oxygen atoms in total. The fourth-order valence-electron chi connectivity index (χ4n) is 1.56. The van der Waals surface area contributed by atoms with Crippen LogP contribution >= 0.6 is 0 Å². The Morgan fingerprint density at radius 2 is 1.43 bits per heavy atom. The van der Waals surface area contributed by atoms with Crippen molar-refractivity contribution in [3.05, 3.63) is 16.5 Å². The van der Waals surface area contributed by atoms with Gasteiger partial charge < -0.3 is 0 Å². The highest BCUT2D eigenvalue weighted by Crippen LogP contribution is 2.27.